The Balaban J connectivity index is 1.94. The van der Waals surface area contributed by atoms with Crippen molar-refractivity contribution in [1.29, 1.82) is 0 Å². The molecule has 0 saturated heterocycles. The Morgan fingerprint density at radius 1 is 1.14 bits per heavy atom. The van der Waals surface area contributed by atoms with Crippen LogP contribution in [0.15, 0.2) is 51.4 Å². The summed E-state index contributed by atoms with van der Waals surface area (Å²) in [7, 11) is 0. The number of anilines is 1. The molecule has 2 aromatic rings. The van der Waals surface area contributed by atoms with Gasteiger partial charge in [-0.1, -0.05) is 25.1 Å². The van der Waals surface area contributed by atoms with Gasteiger partial charge in [0.05, 0.1) is 10.2 Å². The lowest BCUT2D eigenvalue weighted by molar-refractivity contribution is -0.118. The number of amides is 1. The van der Waals surface area contributed by atoms with Gasteiger partial charge in [0.15, 0.2) is 6.61 Å². The van der Waals surface area contributed by atoms with Crippen molar-refractivity contribution in [2.24, 2.45) is 0 Å². The van der Waals surface area contributed by atoms with E-state index in [1.807, 2.05) is 42.5 Å². The molecule has 0 aliphatic heterocycles. The van der Waals surface area contributed by atoms with E-state index in [4.69, 9.17) is 4.74 Å². The van der Waals surface area contributed by atoms with Crippen molar-refractivity contribution in [2.45, 2.75) is 13.3 Å². The number of benzene rings is 2. The molecule has 0 aliphatic rings. The van der Waals surface area contributed by atoms with Gasteiger partial charge >= 0.3 is 0 Å². The first-order valence-corrected chi connectivity index (χ1v) is 8.14. The smallest absolute Gasteiger partial charge is 0.262 e. The number of hydrogen-bond donors (Lipinski definition) is 1. The molecule has 0 fully saturated rings. The second-order valence-electron chi connectivity index (χ2n) is 4.44. The van der Waals surface area contributed by atoms with Gasteiger partial charge in [-0.3, -0.25) is 4.79 Å². The van der Waals surface area contributed by atoms with E-state index in [9.17, 15) is 4.79 Å². The van der Waals surface area contributed by atoms with Crippen molar-refractivity contribution >= 4 is 43.5 Å². The first-order chi connectivity index (χ1) is 10.1. The van der Waals surface area contributed by atoms with E-state index in [1.165, 1.54) is 5.56 Å². The Kier molecular flexibility index (Phi) is 5.82. The Morgan fingerprint density at radius 2 is 1.90 bits per heavy atom. The van der Waals surface area contributed by atoms with Crippen LogP contribution in [0, 0.1) is 0 Å². The third-order valence-electron chi connectivity index (χ3n) is 2.91. The predicted molar refractivity (Wildman–Crippen MR) is 91.8 cm³/mol. The van der Waals surface area contributed by atoms with Gasteiger partial charge in [0, 0.05) is 4.47 Å². The lowest BCUT2D eigenvalue weighted by Gasteiger charge is -2.10. The van der Waals surface area contributed by atoms with E-state index >= 15 is 0 Å². The highest BCUT2D eigenvalue weighted by molar-refractivity contribution is 9.11. The number of carbonyl (C=O) groups excluding carboxylic acids is 1. The third-order valence-corrected chi connectivity index (χ3v) is 4.22. The summed E-state index contributed by atoms with van der Waals surface area (Å²) < 4.78 is 7.23. The minimum atomic E-state index is -0.201. The average Bonchev–Trinajstić information content (AvgIpc) is 2.48. The molecule has 0 spiro atoms. The molecule has 3 nitrogen and oxygen atoms in total. The topological polar surface area (TPSA) is 38.3 Å². The van der Waals surface area contributed by atoms with Crippen LogP contribution in [-0.4, -0.2) is 12.5 Å². The third kappa shape index (κ3) is 4.58. The molecule has 1 amide bonds. The van der Waals surface area contributed by atoms with E-state index in [-0.39, 0.29) is 12.5 Å². The zero-order valence-electron chi connectivity index (χ0n) is 11.5. The van der Waals surface area contributed by atoms with Crippen LogP contribution in [0.3, 0.4) is 0 Å². The van der Waals surface area contributed by atoms with E-state index in [2.05, 4.69) is 44.1 Å². The van der Waals surface area contributed by atoms with Crippen molar-refractivity contribution in [2.75, 3.05) is 11.9 Å². The number of para-hydroxylation sites is 1. The highest BCUT2D eigenvalue weighted by Gasteiger charge is 2.08. The van der Waals surface area contributed by atoms with Crippen LogP contribution in [0.2, 0.25) is 0 Å². The van der Waals surface area contributed by atoms with Crippen LogP contribution in [0.1, 0.15) is 12.5 Å². The molecule has 21 heavy (non-hydrogen) atoms. The highest BCUT2D eigenvalue weighted by Crippen LogP contribution is 2.26. The summed E-state index contributed by atoms with van der Waals surface area (Å²) in [6.07, 6.45) is 0.960. The fourth-order valence-corrected chi connectivity index (χ4v) is 2.70. The molecule has 0 saturated carbocycles. The number of carbonyl (C=O) groups is 1. The summed E-state index contributed by atoms with van der Waals surface area (Å²) in [5.41, 5.74) is 1.94. The number of ether oxygens (including phenoxy) is 1. The summed E-state index contributed by atoms with van der Waals surface area (Å²) >= 11 is 6.84. The quantitative estimate of drug-likeness (QED) is 0.766. The van der Waals surface area contributed by atoms with E-state index < -0.39 is 0 Å². The molecule has 0 heterocycles. The van der Waals surface area contributed by atoms with Gasteiger partial charge in [-0.15, -0.1) is 0 Å². The fraction of sp³-hybridized carbons (Fsp3) is 0.188. The van der Waals surface area contributed by atoms with Crippen molar-refractivity contribution in [3.8, 4) is 5.75 Å². The molecule has 2 rings (SSSR count). The number of aryl methyl sites for hydroxylation is 1. The van der Waals surface area contributed by atoms with Crippen LogP contribution < -0.4 is 10.1 Å². The Morgan fingerprint density at radius 3 is 2.57 bits per heavy atom. The van der Waals surface area contributed by atoms with Crippen LogP contribution >= 0.6 is 31.9 Å². The van der Waals surface area contributed by atoms with Crippen LogP contribution in [0.5, 0.6) is 5.75 Å². The molecule has 0 aromatic heterocycles. The monoisotopic (exact) mass is 411 g/mol. The summed E-state index contributed by atoms with van der Waals surface area (Å²) in [6.45, 7) is 2.05. The number of rotatable bonds is 5. The molecule has 0 bridgehead atoms. The standard InChI is InChI=1S/C16H15Br2NO2/c1-2-11-7-8-15(13(18)9-11)21-10-16(20)19-14-6-4-3-5-12(14)17/h3-9H,2,10H2,1H3,(H,19,20). The summed E-state index contributed by atoms with van der Waals surface area (Å²) in [6, 6.07) is 13.3. The maximum absolute atomic E-state index is 11.9. The first kappa shape index (κ1) is 16.0. The Bertz CT molecular complexity index is 644. The average molecular weight is 413 g/mol. The van der Waals surface area contributed by atoms with E-state index in [0.29, 0.717) is 5.75 Å². The normalized spacial score (nSPS) is 10.2. The minimum absolute atomic E-state index is 0.0363. The van der Waals surface area contributed by atoms with Gasteiger partial charge in [0.1, 0.15) is 5.75 Å². The lowest BCUT2D eigenvalue weighted by atomic mass is 10.2. The van der Waals surface area contributed by atoms with Gasteiger partial charge in [-0.05, 0) is 68.1 Å². The van der Waals surface area contributed by atoms with Gasteiger partial charge < -0.3 is 10.1 Å². The lowest BCUT2D eigenvalue weighted by Crippen LogP contribution is -2.20. The van der Waals surface area contributed by atoms with Gasteiger partial charge in [-0.25, -0.2) is 0 Å². The highest BCUT2D eigenvalue weighted by atomic mass is 79.9. The van der Waals surface area contributed by atoms with Crippen molar-refractivity contribution in [3.05, 3.63) is 57.0 Å². The second kappa shape index (κ2) is 7.61. The summed E-state index contributed by atoms with van der Waals surface area (Å²) in [5.74, 6) is 0.461. The molecule has 110 valence electrons. The molecule has 0 aliphatic carbocycles. The van der Waals surface area contributed by atoms with E-state index in [1.54, 1.807) is 0 Å². The molecule has 0 atom stereocenters. The maximum atomic E-state index is 11.9. The van der Waals surface area contributed by atoms with Crippen molar-refractivity contribution in [3.63, 3.8) is 0 Å². The molecule has 2 aromatic carbocycles. The molecular formula is C16H15Br2NO2. The summed E-state index contributed by atoms with van der Waals surface area (Å²) in [5, 5.41) is 2.80. The van der Waals surface area contributed by atoms with Gasteiger partial charge in [0.25, 0.3) is 5.91 Å². The fourth-order valence-electron chi connectivity index (χ4n) is 1.77. The molecule has 5 heteroatoms. The SMILES string of the molecule is CCc1ccc(OCC(=O)Nc2ccccc2Br)c(Br)c1. The minimum Gasteiger partial charge on any atom is -0.483 e. The Labute approximate surface area is 141 Å². The van der Waals surface area contributed by atoms with Crippen LogP contribution in [0.25, 0.3) is 0 Å². The molecule has 1 N–H and O–H groups in total. The van der Waals surface area contributed by atoms with Crippen LogP contribution in [-0.2, 0) is 11.2 Å². The van der Waals surface area contributed by atoms with Crippen molar-refractivity contribution in [1.82, 2.24) is 0 Å². The van der Waals surface area contributed by atoms with Gasteiger partial charge in [-0.2, -0.15) is 0 Å². The summed E-state index contributed by atoms with van der Waals surface area (Å²) in [4.78, 5) is 11.9. The number of nitrogens with one attached hydrogen (secondary N) is 1. The predicted octanol–water partition coefficient (Wildman–Crippen LogP) is 4.79. The van der Waals surface area contributed by atoms with E-state index in [0.717, 1.165) is 21.1 Å². The molecular weight excluding hydrogens is 398 g/mol. The van der Waals surface area contributed by atoms with Crippen LogP contribution in [0.4, 0.5) is 5.69 Å². The second-order valence-corrected chi connectivity index (χ2v) is 6.14. The zero-order valence-corrected chi connectivity index (χ0v) is 14.7. The largest absolute Gasteiger partial charge is 0.483 e. The van der Waals surface area contributed by atoms with Crippen molar-refractivity contribution < 1.29 is 9.53 Å². The molecule has 0 radical (unpaired) electrons. The first-order valence-electron chi connectivity index (χ1n) is 6.55. The van der Waals surface area contributed by atoms with Gasteiger partial charge in [0.2, 0.25) is 0 Å². The number of hydrogen-bond acceptors (Lipinski definition) is 2. The maximum Gasteiger partial charge on any atom is 0.262 e. The number of halogens is 2. The zero-order chi connectivity index (χ0) is 15.2. The molecule has 0 unspecified atom stereocenters. The Hall–Kier alpha value is -1.33.